The van der Waals surface area contributed by atoms with Crippen molar-refractivity contribution in [2.24, 2.45) is 0 Å². The van der Waals surface area contributed by atoms with Crippen LogP contribution in [0.25, 0.3) is 0 Å². The number of H-pyrrole nitrogens is 1. The Morgan fingerprint density at radius 1 is 1.62 bits per heavy atom. The first kappa shape index (κ1) is 8.56. The molecule has 1 aliphatic heterocycles. The highest BCUT2D eigenvalue weighted by molar-refractivity contribution is 5.33. The second-order valence-corrected chi connectivity index (χ2v) is 3.64. The number of aromatic nitrogens is 2. The fourth-order valence-corrected chi connectivity index (χ4v) is 1.70. The number of anilines is 1. The molecule has 4 heteroatoms. The molecule has 0 aliphatic carbocycles. The summed E-state index contributed by atoms with van der Waals surface area (Å²) in [5.41, 5.74) is 1.13. The lowest BCUT2D eigenvalue weighted by Crippen LogP contribution is -2.50. The molecule has 1 fully saturated rings. The van der Waals surface area contributed by atoms with Gasteiger partial charge in [-0.15, -0.1) is 0 Å². The first-order chi connectivity index (χ1) is 6.27. The maximum absolute atomic E-state index is 4.33. The molecule has 72 valence electrons. The lowest BCUT2D eigenvalue weighted by Gasteiger charge is -2.33. The zero-order valence-electron chi connectivity index (χ0n) is 8.17. The molecule has 2 heterocycles. The van der Waals surface area contributed by atoms with Gasteiger partial charge in [0.15, 0.2) is 0 Å². The van der Waals surface area contributed by atoms with E-state index in [9.17, 15) is 0 Å². The van der Waals surface area contributed by atoms with E-state index in [1.54, 1.807) is 0 Å². The van der Waals surface area contributed by atoms with Crippen LogP contribution in [0.5, 0.6) is 0 Å². The van der Waals surface area contributed by atoms with Crippen LogP contribution in [0.15, 0.2) is 6.20 Å². The number of aryl methyl sites for hydroxylation is 1. The van der Waals surface area contributed by atoms with Gasteiger partial charge in [0, 0.05) is 37.6 Å². The molecule has 1 saturated heterocycles. The van der Waals surface area contributed by atoms with E-state index in [1.807, 2.05) is 13.1 Å². The van der Waals surface area contributed by atoms with Crippen LogP contribution >= 0.6 is 0 Å². The molecule has 0 unspecified atom stereocenters. The molecule has 0 spiro atoms. The van der Waals surface area contributed by atoms with Crippen molar-refractivity contribution in [2.45, 2.75) is 19.9 Å². The highest BCUT2D eigenvalue weighted by Gasteiger charge is 2.19. The second-order valence-electron chi connectivity index (χ2n) is 3.64. The number of nitrogens with one attached hydrogen (secondary N) is 2. The van der Waals surface area contributed by atoms with E-state index in [4.69, 9.17) is 0 Å². The van der Waals surface area contributed by atoms with Crippen molar-refractivity contribution in [1.82, 2.24) is 15.3 Å². The Bertz CT molecular complexity index is 281. The van der Waals surface area contributed by atoms with Crippen molar-refractivity contribution in [2.75, 3.05) is 24.5 Å². The molecule has 1 aromatic heterocycles. The molecule has 4 nitrogen and oxygen atoms in total. The highest BCUT2D eigenvalue weighted by atomic mass is 15.3. The van der Waals surface area contributed by atoms with Crippen LogP contribution in [0.4, 0.5) is 5.95 Å². The predicted molar refractivity (Wildman–Crippen MR) is 53.0 cm³/mol. The molecule has 0 saturated carbocycles. The number of piperazine rings is 1. The Labute approximate surface area is 78.4 Å². The van der Waals surface area contributed by atoms with Gasteiger partial charge in [0.05, 0.1) is 0 Å². The van der Waals surface area contributed by atoms with Crippen LogP contribution < -0.4 is 10.2 Å². The minimum atomic E-state index is 0.527. The van der Waals surface area contributed by atoms with Crippen LogP contribution in [0.1, 0.15) is 12.6 Å². The standard InChI is InChI=1S/C9H16N4/c1-7-5-11-9(12-7)13-4-3-10-6-8(13)2/h5,8,10H,3-4,6H2,1-2H3,(H,11,12)/t8-/m1/s1. The maximum atomic E-state index is 4.33. The molecule has 1 aromatic rings. The van der Waals surface area contributed by atoms with Gasteiger partial charge in [0.1, 0.15) is 0 Å². The third-order valence-corrected chi connectivity index (χ3v) is 2.46. The third kappa shape index (κ3) is 1.67. The van der Waals surface area contributed by atoms with Crippen molar-refractivity contribution >= 4 is 5.95 Å². The van der Waals surface area contributed by atoms with Crippen LogP contribution in [0, 0.1) is 6.92 Å². The van der Waals surface area contributed by atoms with Gasteiger partial charge in [-0.2, -0.15) is 0 Å². The Kier molecular flexibility index (Phi) is 2.22. The summed E-state index contributed by atoms with van der Waals surface area (Å²) in [6.07, 6.45) is 1.88. The Balaban J connectivity index is 2.14. The normalized spacial score (nSPS) is 23.5. The topological polar surface area (TPSA) is 44.0 Å². The zero-order valence-corrected chi connectivity index (χ0v) is 8.17. The molecule has 1 aliphatic rings. The van der Waals surface area contributed by atoms with Crippen LogP contribution in [0.2, 0.25) is 0 Å². The van der Waals surface area contributed by atoms with Crippen molar-refractivity contribution < 1.29 is 0 Å². The lowest BCUT2D eigenvalue weighted by atomic mass is 10.2. The molecule has 2 rings (SSSR count). The largest absolute Gasteiger partial charge is 0.337 e. The molecule has 13 heavy (non-hydrogen) atoms. The molecular weight excluding hydrogens is 164 g/mol. The Morgan fingerprint density at radius 2 is 2.46 bits per heavy atom. The summed E-state index contributed by atoms with van der Waals surface area (Å²) in [6.45, 7) is 7.37. The van der Waals surface area contributed by atoms with E-state index >= 15 is 0 Å². The summed E-state index contributed by atoms with van der Waals surface area (Å²) >= 11 is 0. The van der Waals surface area contributed by atoms with E-state index in [1.165, 1.54) is 0 Å². The van der Waals surface area contributed by atoms with Gasteiger partial charge in [-0.3, -0.25) is 0 Å². The van der Waals surface area contributed by atoms with Crippen LogP contribution in [-0.4, -0.2) is 35.6 Å². The van der Waals surface area contributed by atoms with E-state index in [0.717, 1.165) is 31.3 Å². The number of imidazole rings is 1. The average molecular weight is 180 g/mol. The number of hydrogen-bond donors (Lipinski definition) is 2. The highest BCUT2D eigenvalue weighted by Crippen LogP contribution is 2.13. The average Bonchev–Trinajstić information content (AvgIpc) is 2.53. The van der Waals surface area contributed by atoms with Crippen molar-refractivity contribution in [3.8, 4) is 0 Å². The zero-order chi connectivity index (χ0) is 9.26. The minimum Gasteiger partial charge on any atom is -0.337 e. The van der Waals surface area contributed by atoms with Crippen molar-refractivity contribution in [3.63, 3.8) is 0 Å². The van der Waals surface area contributed by atoms with Crippen molar-refractivity contribution in [1.29, 1.82) is 0 Å². The summed E-state index contributed by atoms with van der Waals surface area (Å²) in [5, 5.41) is 3.36. The van der Waals surface area contributed by atoms with Gasteiger partial charge >= 0.3 is 0 Å². The van der Waals surface area contributed by atoms with Gasteiger partial charge in [-0.25, -0.2) is 4.98 Å². The van der Waals surface area contributed by atoms with E-state index < -0.39 is 0 Å². The molecular formula is C9H16N4. The van der Waals surface area contributed by atoms with Gasteiger partial charge in [0.2, 0.25) is 5.95 Å². The van der Waals surface area contributed by atoms with E-state index in [0.29, 0.717) is 6.04 Å². The Morgan fingerprint density at radius 3 is 3.08 bits per heavy atom. The Hall–Kier alpha value is -1.03. The smallest absolute Gasteiger partial charge is 0.203 e. The molecule has 1 atom stereocenters. The third-order valence-electron chi connectivity index (χ3n) is 2.46. The number of nitrogens with zero attached hydrogens (tertiary/aromatic N) is 2. The lowest BCUT2D eigenvalue weighted by molar-refractivity contribution is 0.494. The summed E-state index contributed by atoms with van der Waals surface area (Å²) < 4.78 is 0. The monoisotopic (exact) mass is 180 g/mol. The first-order valence-electron chi connectivity index (χ1n) is 4.76. The predicted octanol–water partition coefficient (Wildman–Crippen LogP) is 0.516. The van der Waals surface area contributed by atoms with Crippen molar-refractivity contribution in [3.05, 3.63) is 11.9 Å². The fourth-order valence-electron chi connectivity index (χ4n) is 1.70. The maximum Gasteiger partial charge on any atom is 0.203 e. The summed E-state index contributed by atoms with van der Waals surface area (Å²) in [4.78, 5) is 9.90. The summed E-state index contributed by atoms with van der Waals surface area (Å²) in [5.74, 6) is 1.01. The number of hydrogen-bond acceptors (Lipinski definition) is 3. The van der Waals surface area contributed by atoms with Gasteiger partial charge < -0.3 is 15.2 Å². The molecule has 0 aromatic carbocycles. The van der Waals surface area contributed by atoms with Gasteiger partial charge in [-0.1, -0.05) is 0 Å². The second kappa shape index (κ2) is 3.38. The molecule has 0 radical (unpaired) electrons. The first-order valence-corrected chi connectivity index (χ1v) is 4.76. The molecule has 0 bridgehead atoms. The van der Waals surface area contributed by atoms with Crippen LogP contribution in [0.3, 0.4) is 0 Å². The summed E-state index contributed by atoms with van der Waals surface area (Å²) in [7, 11) is 0. The fraction of sp³-hybridized carbons (Fsp3) is 0.667. The SMILES string of the molecule is Cc1cnc(N2CCNC[C@H]2C)[nH]1. The quantitative estimate of drug-likeness (QED) is 0.662. The number of rotatable bonds is 1. The van der Waals surface area contributed by atoms with Crippen LogP contribution in [-0.2, 0) is 0 Å². The molecule has 0 amide bonds. The minimum absolute atomic E-state index is 0.527. The summed E-state index contributed by atoms with van der Waals surface area (Å²) in [6, 6.07) is 0.527. The number of aromatic amines is 1. The van der Waals surface area contributed by atoms with E-state index in [-0.39, 0.29) is 0 Å². The van der Waals surface area contributed by atoms with E-state index in [2.05, 4.69) is 27.1 Å². The molecule has 2 N–H and O–H groups in total. The van der Waals surface area contributed by atoms with Gasteiger partial charge in [0.25, 0.3) is 0 Å². The van der Waals surface area contributed by atoms with Gasteiger partial charge in [-0.05, 0) is 13.8 Å².